The molecule has 0 spiro atoms. The van der Waals surface area contributed by atoms with Gasteiger partial charge in [-0.25, -0.2) is 4.99 Å². The molecule has 1 aromatic heterocycles. The van der Waals surface area contributed by atoms with Gasteiger partial charge in [-0.1, -0.05) is 59.7 Å². The van der Waals surface area contributed by atoms with Crippen LogP contribution in [-0.2, 0) is 0 Å². The Morgan fingerprint density at radius 2 is 1.65 bits per heavy atom. The highest BCUT2D eigenvalue weighted by Crippen LogP contribution is 2.42. The highest BCUT2D eigenvalue weighted by atomic mass is 127. The molecular weight excluding hydrogens is 539 g/mol. The molecule has 5 nitrogen and oxygen atoms in total. The van der Waals surface area contributed by atoms with Gasteiger partial charge >= 0.3 is 0 Å². The quantitative estimate of drug-likeness (QED) is 0.194. The summed E-state index contributed by atoms with van der Waals surface area (Å²) in [6, 6.07) is 21.8. The Morgan fingerprint density at radius 3 is 2.24 bits per heavy atom. The molecule has 0 bridgehead atoms. The van der Waals surface area contributed by atoms with Crippen molar-refractivity contribution in [2.24, 2.45) is 4.99 Å². The van der Waals surface area contributed by atoms with E-state index >= 15 is 0 Å². The summed E-state index contributed by atoms with van der Waals surface area (Å²) in [6.45, 7) is 6.34. The summed E-state index contributed by atoms with van der Waals surface area (Å²) in [4.78, 5) is 4.53. The highest BCUT2D eigenvalue weighted by molar-refractivity contribution is 14.1. The molecular formula is C28H23IN2O3. The van der Waals surface area contributed by atoms with E-state index in [0.717, 1.165) is 27.8 Å². The van der Waals surface area contributed by atoms with Gasteiger partial charge in [-0.3, -0.25) is 0 Å². The van der Waals surface area contributed by atoms with E-state index in [-0.39, 0.29) is 11.6 Å². The first-order valence-electron chi connectivity index (χ1n) is 10.8. The zero-order chi connectivity index (χ0) is 24.2. The predicted octanol–water partition coefficient (Wildman–Crippen LogP) is 7.56. The lowest BCUT2D eigenvalue weighted by Crippen LogP contribution is -1.95. The number of aliphatic imine (C=N–C) groups is 1. The number of phenols is 1. The Morgan fingerprint density at radius 1 is 1.03 bits per heavy atom. The van der Waals surface area contributed by atoms with Gasteiger partial charge in [0.1, 0.15) is 17.4 Å². The van der Waals surface area contributed by atoms with Crippen LogP contribution >= 0.6 is 22.6 Å². The molecule has 3 aromatic carbocycles. The van der Waals surface area contributed by atoms with Gasteiger partial charge in [0.25, 0.3) is 0 Å². The number of phenolic OH excluding ortho intramolecular Hbond substituents is 1. The van der Waals surface area contributed by atoms with Crippen LogP contribution in [0.15, 0.2) is 70.1 Å². The summed E-state index contributed by atoms with van der Waals surface area (Å²) < 4.78 is 12.4. The highest BCUT2D eigenvalue weighted by Gasteiger charge is 2.23. The third kappa shape index (κ3) is 4.85. The molecule has 0 atom stereocenters. The van der Waals surface area contributed by atoms with Crippen molar-refractivity contribution in [2.75, 3.05) is 6.61 Å². The van der Waals surface area contributed by atoms with E-state index in [1.165, 1.54) is 0 Å². The van der Waals surface area contributed by atoms with Gasteiger partial charge in [-0.05, 0) is 66.6 Å². The molecule has 4 rings (SSSR count). The molecule has 170 valence electrons. The van der Waals surface area contributed by atoms with Crippen molar-refractivity contribution >= 4 is 34.7 Å². The van der Waals surface area contributed by atoms with Gasteiger partial charge in [0.2, 0.25) is 5.88 Å². The monoisotopic (exact) mass is 562 g/mol. The third-order valence-corrected chi connectivity index (χ3v) is 6.16. The summed E-state index contributed by atoms with van der Waals surface area (Å²) >= 11 is 2.05. The number of hydrogen-bond acceptors (Lipinski definition) is 5. The molecule has 0 saturated heterocycles. The van der Waals surface area contributed by atoms with Crippen molar-refractivity contribution in [1.82, 2.24) is 0 Å². The van der Waals surface area contributed by atoms with Gasteiger partial charge < -0.3 is 14.3 Å². The molecule has 0 aliphatic heterocycles. The second kappa shape index (κ2) is 10.1. The standard InChI is InChI=1S/C28H23IN2O3/c1-4-33-24-14-19(13-23(29)26(24)32)16-31-28-22(15-30)25(20-9-5-17(2)6-10-20)27(34-28)21-11-7-18(3)8-12-21/h5-14,16,32H,4H2,1-3H3. The van der Waals surface area contributed by atoms with Crippen LogP contribution in [0.3, 0.4) is 0 Å². The summed E-state index contributed by atoms with van der Waals surface area (Å²) in [5.41, 5.74) is 5.84. The predicted molar refractivity (Wildman–Crippen MR) is 143 cm³/mol. The van der Waals surface area contributed by atoms with E-state index in [9.17, 15) is 10.4 Å². The fraction of sp³-hybridized carbons (Fsp3) is 0.143. The van der Waals surface area contributed by atoms with E-state index in [1.807, 2.05) is 91.9 Å². The number of hydrogen-bond donors (Lipinski definition) is 1. The molecule has 0 radical (unpaired) electrons. The number of rotatable bonds is 6. The fourth-order valence-corrected chi connectivity index (χ4v) is 4.21. The Balaban J connectivity index is 1.85. The summed E-state index contributed by atoms with van der Waals surface area (Å²) in [5, 5.41) is 20.3. The number of nitriles is 1. The first kappa shape index (κ1) is 23.6. The van der Waals surface area contributed by atoms with Crippen LogP contribution < -0.4 is 4.74 Å². The molecule has 0 unspecified atom stereocenters. The van der Waals surface area contributed by atoms with Gasteiger partial charge in [-0.2, -0.15) is 5.26 Å². The number of ether oxygens (including phenoxy) is 1. The maximum atomic E-state index is 10.2. The number of nitrogens with zero attached hydrogens (tertiary/aromatic N) is 2. The molecule has 1 N–H and O–H groups in total. The topological polar surface area (TPSA) is 78.8 Å². The van der Waals surface area contributed by atoms with E-state index in [1.54, 1.807) is 18.3 Å². The van der Waals surface area contributed by atoms with Crippen LogP contribution in [-0.4, -0.2) is 17.9 Å². The molecule has 4 aromatic rings. The van der Waals surface area contributed by atoms with Crippen LogP contribution in [0.2, 0.25) is 0 Å². The van der Waals surface area contributed by atoms with Crippen LogP contribution in [0.5, 0.6) is 11.5 Å². The number of benzene rings is 3. The molecule has 0 aliphatic rings. The van der Waals surface area contributed by atoms with Gasteiger partial charge in [0, 0.05) is 17.3 Å². The minimum Gasteiger partial charge on any atom is -0.504 e. The van der Waals surface area contributed by atoms with Gasteiger partial charge in [0.15, 0.2) is 11.5 Å². The largest absolute Gasteiger partial charge is 0.504 e. The average Bonchev–Trinajstić information content (AvgIpc) is 3.20. The van der Waals surface area contributed by atoms with Gasteiger partial charge in [0.05, 0.1) is 10.2 Å². The van der Waals surface area contributed by atoms with E-state index < -0.39 is 0 Å². The summed E-state index contributed by atoms with van der Waals surface area (Å²) in [6.07, 6.45) is 1.61. The van der Waals surface area contributed by atoms with Crippen LogP contribution in [0.25, 0.3) is 22.5 Å². The maximum absolute atomic E-state index is 10.2. The molecule has 1 heterocycles. The van der Waals surface area contributed by atoms with Crippen molar-refractivity contribution in [3.63, 3.8) is 0 Å². The second-order valence-corrected chi connectivity index (χ2v) is 9.03. The zero-order valence-electron chi connectivity index (χ0n) is 19.1. The van der Waals surface area contributed by atoms with E-state index in [2.05, 4.69) is 11.1 Å². The fourth-order valence-electron chi connectivity index (χ4n) is 3.58. The lowest BCUT2D eigenvalue weighted by Gasteiger charge is -2.08. The number of aromatic hydroxyl groups is 1. The molecule has 0 amide bonds. The third-order valence-electron chi connectivity index (χ3n) is 5.34. The minimum absolute atomic E-state index is 0.0960. The lowest BCUT2D eigenvalue weighted by atomic mass is 9.97. The Hall–Kier alpha value is -3.57. The van der Waals surface area contributed by atoms with Crippen molar-refractivity contribution in [1.29, 1.82) is 5.26 Å². The smallest absolute Gasteiger partial charge is 0.238 e. The normalized spacial score (nSPS) is 11.0. The van der Waals surface area contributed by atoms with E-state index in [4.69, 9.17) is 9.15 Å². The van der Waals surface area contributed by atoms with Crippen LogP contribution in [0, 0.1) is 28.7 Å². The second-order valence-electron chi connectivity index (χ2n) is 7.87. The molecule has 34 heavy (non-hydrogen) atoms. The first-order valence-corrected chi connectivity index (χ1v) is 11.9. The molecule has 0 fully saturated rings. The van der Waals surface area contributed by atoms with Gasteiger partial charge in [-0.15, -0.1) is 0 Å². The minimum atomic E-state index is 0.0960. The Labute approximate surface area is 212 Å². The first-order chi connectivity index (χ1) is 16.4. The zero-order valence-corrected chi connectivity index (χ0v) is 21.3. The molecule has 0 saturated carbocycles. The van der Waals surface area contributed by atoms with Crippen LogP contribution in [0.4, 0.5) is 5.88 Å². The molecule has 0 aliphatic carbocycles. The number of aryl methyl sites for hydroxylation is 2. The Bertz CT molecular complexity index is 1400. The van der Waals surface area contributed by atoms with E-state index in [0.29, 0.717) is 32.8 Å². The maximum Gasteiger partial charge on any atom is 0.238 e. The van der Waals surface area contributed by atoms with Crippen molar-refractivity contribution < 1.29 is 14.3 Å². The van der Waals surface area contributed by atoms with Crippen molar-refractivity contribution in [2.45, 2.75) is 20.8 Å². The molecule has 6 heteroatoms. The summed E-state index contributed by atoms with van der Waals surface area (Å²) in [7, 11) is 0. The summed E-state index contributed by atoms with van der Waals surface area (Å²) in [5.74, 6) is 1.31. The van der Waals surface area contributed by atoms with Crippen molar-refractivity contribution in [3.8, 4) is 40.0 Å². The van der Waals surface area contributed by atoms with Crippen molar-refractivity contribution in [3.05, 3.63) is 86.5 Å². The SMILES string of the molecule is CCOc1cc(C=Nc2oc(-c3ccc(C)cc3)c(-c3ccc(C)cc3)c2C#N)cc(I)c1O. The average molecular weight is 562 g/mol. The number of furan rings is 1. The lowest BCUT2D eigenvalue weighted by molar-refractivity contribution is 0.317. The Kier molecular flexibility index (Phi) is 7.03. The van der Waals surface area contributed by atoms with Crippen LogP contribution in [0.1, 0.15) is 29.2 Å². The number of halogens is 1.